The molecule has 0 saturated heterocycles. The Balaban J connectivity index is 0.959. The van der Waals surface area contributed by atoms with Gasteiger partial charge in [0.1, 0.15) is 22.3 Å². The number of nitrogens with zero attached hydrogens (tertiary/aromatic N) is 4. The standard InChI is InChI=1S/C55H32N4O2/c1-2-13-39(14-3-1)59-47-19-8-6-15-41(47)45-18-10-17-40(52(45)59)35-25-28-49-46(30-35)44-27-24-38(32-51(44)61-49)55-57-53(36-22-21-33-11-4-5-12-34(33)29-36)56-54(58-55)37-23-26-43-42-16-7-9-20-48(42)60-50(43)31-37/h1-32H. The van der Waals surface area contributed by atoms with Gasteiger partial charge in [-0.2, -0.15) is 0 Å². The highest BCUT2D eigenvalue weighted by molar-refractivity contribution is 6.15. The quantitative estimate of drug-likeness (QED) is 0.174. The van der Waals surface area contributed by atoms with Gasteiger partial charge in [-0.15, -0.1) is 0 Å². The molecule has 0 fully saturated rings. The Hall–Kier alpha value is -8.35. The molecule has 13 aromatic rings. The van der Waals surface area contributed by atoms with Crippen LogP contribution in [0.25, 0.3) is 127 Å². The van der Waals surface area contributed by atoms with Crippen molar-refractivity contribution in [2.24, 2.45) is 0 Å². The van der Waals surface area contributed by atoms with E-state index in [1.165, 1.54) is 21.8 Å². The van der Waals surface area contributed by atoms with Gasteiger partial charge in [0.25, 0.3) is 0 Å². The molecule has 0 saturated carbocycles. The van der Waals surface area contributed by atoms with Gasteiger partial charge in [-0.25, -0.2) is 15.0 Å². The lowest BCUT2D eigenvalue weighted by molar-refractivity contribution is 0.668. The van der Waals surface area contributed by atoms with Crippen LogP contribution in [0.15, 0.2) is 203 Å². The monoisotopic (exact) mass is 780 g/mol. The summed E-state index contributed by atoms with van der Waals surface area (Å²) in [5.74, 6) is 1.71. The maximum absolute atomic E-state index is 6.60. The van der Waals surface area contributed by atoms with Crippen LogP contribution in [0.3, 0.4) is 0 Å². The lowest BCUT2D eigenvalue weighted by Crippen LogP contribution is -2.00. The van der Waals surface area contributed by atoms with Crippen molar-refractivity contribution in [1.29, 1.82) is 0 Å². The van der Waals surface area contributed by atoms with Crippen molar-refractivity contribution >= 4 is 76.5 Å². The van der Waals surface area contributed by atoms with Gasteiger partial charge < -0.3 is 13.4 Å². The minimum Gasteiger partial charge on any atom is -0.456 e. The molecule has 6 heteroatoms. The zero-order valence-electron chi connectivity index (χ0n) is 32.6. The molecule has 0 aliphatic heterocycles. The maximum atomic E-state index is 6.60. The smallest absolute Gasteiger partial charge is 0.164 e. The first-order valence-corrected chi connectivity index (χ1v) is 20.4. The lowest BCUT2D eigenvalue weighted by atomic mass is 9.99. The maximum Gasteiger partial charge on any atom is 0.164 e. The Morgan fingerprint density at radius 1 is 0.328 bits per heavy atom. The summed E-state index contributed by atoms with van der Waals surface area (Å²) in [4.78, 5) is 15.3. The van der Waals surface area contributed by atoms with Crippen LogP contribution in [-0.2, 0) is 0 Å². The van der Waals surface area contributed by atoms with Crippen molar-refractivity contribution in [3.8, 4) is 51.0 Å². The highest BCUT2D eigenvalue weighted by Crippen LogP contribution is 2.41. The molecule has 61 heavy (non-hydrogen) atoms. The molecule has 13 rings (SSSR count). The predicted octanol–water partition coefficient (Wildman–Crippen LogP) is 14.6. The zero-order valence-corrected chi connectivity index (χ0v) is 32.6. The topological polar surface area (TPSA) is 69.9 Å². The Kier molecular flexibility index (Phi) is 7.21. The van der Waals surface area contributed by atoms with Crippen molar-refractivity contribution in [2.75, 3.05) is 0 Å². The molecule has 0 N–H and O–H groups in total. The third kappa shape index (κ3) is 5.32. The van der Waals surface area contributed by atoms with E-state index in [1.54, 1.807) is 0 Å². The second-order valence-electron chi connectivity index (χ2n) is 15.6. The van der Waals surface area contributed by atoms with Gasteiger partial charge in [0, 0.05) is 60.3 Å². The third-order valence-electron chi connectivity index (χ3n) is 12.0. The number of fused-ring (bicyclic) bond motifs is 10. The van der Waals surface area contributed by atoms with Gasteiger partial charge in [-0.3, -0.25) is 0 Å². The van der Waals surface area contributed by atoms with E-state index in [4.69, 9.17) is 23.8 Å². The molecule has 4 aromatic heterocycles. The molecule has 0 radical (unpaired) electrons. The summed E-state index contributed by atoms with van der Waals surface area (Å²) in [6.45, 7) is 0. The molecule has 9 aromatic carbocycles. The number of aromatic nitrogens is 4. The van der Waals surface area contributed by atoms with Crippen molar-refractivity contribution in [2.45, 2.75) is 0 Å². The summed E-state index contributed by atoms with van der Waals surface area (Å²) >= 11 is 0. The zero-order chi connectivity index (χ0) is 40.0. The second kappa shape index (κ2) is 13.1. The van der Waals surface area contributed by atoms with Crippen LogP contribution in [-0.4, -0.2) is 19.5 Å². The highest BCUT2D eigenvalue weighted by atomic mass is 16.3. The summed E-state index contributed by atoms with van der Waals surface area (Å²) in [7, 11) is 0. The molecule has 0 bridgehead atoms. The van der Waals surface area contributed by atoms with E-state index in [1.807, 2.05) is 24.3 Å². The largest absolute Gasteiger partial charge is 0.456 e. The summed E-state index contributed by atoms with van der Waals surface area (Å²) in [5, 5.41) is 8.93. The summed E-state index contributed by atoms with van der Waals surface area (Å²) < 4.78 is 15.3. The van der Waals surface area contributed by atoms with Crippen LogP contribution in [0.4, 0.5) is 0 Å². The van der Waals surface area contributed by atoms with Crippen LogP contribution in [0.5, 0.6) is 0 Å². The number of furan rings is 2. The molecule has 0 unspecified atom stereocenters. The van der Waals surface area contributed by atoms with Gasteiger partial charge in [0.2, 0.25) is 0 Å². The molecule has 0 aliphatic rings. The average molecular weight is 781 g/mol. The highest BCUT2D eigenvalue weighted by Gasteiger charge is 2.19. The molecule has 0 amide bonds. The fourth-order valence-corrected chi connectivity index (χ4v) is 9.14. The van der Waals surface area contributed by atoms with E-state index in [0.717, 1.165) is 88.2 Å². The van der Waals surface area contributed by atoms with Gasteiger partial charge in [-0.05, 0) is 83.1 Å². The van der Waals surface area contributed by atoms with Crippen LogP contribution in [0.2, 0.25) is 0 Å². The summed E-state index contributed by atoms with van der Waals surface area (Å²) in [6, 6.07) is 67.6. The fourth-order valence-electron chi connectivity index (χ4n) is 9.14. The molecule has 4 heterocycles. The van der Waals surface area contributed by atoms with E-state index in [-0.39, 0.29) is 0 Å². The van der Waals surface area contributed by atoms with Gasteiger partial charge >= 0.3 is 0 Å². The van der Waals surface area contributed by atoms with Gasteiger partial charge in [-0.1, -0.05) is 127 Å². The summed E-state index contributed by atoms with van der Waals surface area (Å²) in [5.41, 5.74) is 11.6. The number of hydrogen-bond donors (Lipinski definition) is 0. The van der Waals surface area contributed by atoms with Crippen molar-refractivity contribution in [1.82, 2.24) is 19.5 Å². The number of para-hydroxylation sites is 4. The van der Waals surface area contributed by atoms with E-state index >= 15 is 0 Å². The minimum atomic E-state index is 0.557. The van der Waals surface area contributed by atoms with E-state index in [9.17, 15) is 0 Å². The molecular weight excluding hydrogens is 749 g/mol. The molecule has 0 atom stereocenters. The van der Waals surface area contributed by atoms with Gasteiger partial charge in [0.05, 0.1) is 11.0 Å². The Morgan fingerprint density at radius 2 is 0.885 bits per heavy atom. The van der Waals surface area contributed by atoms with Crippen LogP contribution < -0.4 is 0 Å². The average Bonchev–Trinajstić information content (AvgIpc) is 4.00. The minimum absolute atomic E-state index is 0.557. The normalized spacial score (nSPS) is 11.9. The molecular formula is C55H32N4O2. The Morgan fingerprint density at radius 3 is 1.66 bits per heavy atom. The molecule has 6 nitrogen and oxygen atoms in total. The van der Waals surface area contributed by atoms with Crippen molar-refractivity contribution < 1.29 is 8.83 Å². The first kappa shape index (κ1) is 33.6. The fraction of sp³-hybridized carbons (Fsp3) is 0. The first-order chi connectivity index (χ1) is 30.2. The number of benzene rings is 9. The Labute approximate surface area is 348 Å². The SMILES string of the molecule is c1ccc(-n2c3ccccc3c3cccc(-c4ccc5oc6cc(-c7nc(-c8ccc9ccccc9c8)nc(-c8ccc9c(c8)oc8ccccc89)n7)ccc6c5c4)c32)cc1. The Bertz CT molecular complexity index is 3900. The van der Waals surface area contributed by atoms with E-state index in [2.05, 4.69) is 174 Å². The first-order valence-electron chi connectivity index (χ1n) is 20.4. The third-order valence-corrected chi connectivity index (χ3v) is 12.0. The predicted molar refractivity (Wildman–Crippen MR) is 248 cm³/mol. The van der Waals surface area contributed by atoms with Crippen molar-refractivity contribution in [3.63, 3.8) is 0 Å². The number of rotatable bonds is 5. The molecule has 284 valence electrons. The van der Waals surface area contributed by atoms with Crippen LogP contribution >= 0.6 is 0 Å². The lowest BCUT2D eigenvalue weighted by Gasteiger charge is -2.11. The van der Waals surface area contributed by atoms with E-state index in [0.29, 0.717) is 17.5 Å². The second-order valence-corrected chi connectivity index (χ2v) is 15.6. The van der Waals surface area contributed by atoms with Gasteiger partial charge in [0.15, 0.2) is 17.5 Å². The van der Waals surface area contributed by atoms with Crippen LogP contribution in [0, 0.1) is 0 Å². The molecule has 0 spiro atoms. The summed E-state index contributed by atoms with van der Waals surface area (Å²) in [6.07, 6.45) is 0. The molecule has 0 aliphatic carbocycles. The van der Waals surface area contributed by atoms with E-state index < -0.39 is 0 Å². The number of hydrogen-bond acceptors (Lipinski definition) is 5. The van der Waals surface area contributed by atoms with Crippen molar-refractivity contribution in [3.05, 3.63) is 194 Å². The van der Waals surface area contributed by atoms with Crippen LogP contribution in [0.1, 0.15) is 0 Å².